The number of carbonyl (C=O) groups excluding carboxylic acids is 1. The van der Waals surface area contributed by atoms with Crippen molar-refractivity contribution in [3.05, 3.63) is 69.8 Å². The molecule has 2 aromatic carbocycles. The van der Waals surface area contributed by atoms with Crippen LogP contribution in [0.5, 0.6) is 5.75 Å². The number of aromatic hydroxyl groups is 1. The second-order valence-corrected chi connectivity index (χ2v) is 6.23. The first-order chi connectivity index (χ1) is 12.0. The molecule has 3 aromatic rings. The molecule has 0 unspecified atom stereocenters. The summed E-state index contributed by atoms with van der Waals surface area (Å²) < 4.78 is 14.6. The van der Waals surface area contributed by atoms with Crippen molar-refractivity contribution in [3.8, 4) is 5.75 Å². The Kier molecular flexibility index (Phi) is 3.35. The molecule has 25 heavy (non-hydrogen) atoms. The molecule has 1 atom stereocenters. The number of hydrogen-bond acceptors (Lipinski definition) is 3. The molecular formula is C19H15FN2O3. The number of hydrogen-bond donors (Lipinski definition) is 2. The minimum absolute atomic E-state index is 0.0922. The van der Waals surface area contributed by atoms with E-state index in [-0.39, 0.29) is 17.4 Å². The number of pyridine rings is 1. The molecule has 0 saturated heterocycles. The SMILES string of the molecule is C[C@H]1Cc2cccc3c(O)c(C(=O)Nc4ccc(F)cc4)c(=O)n1c23. The third-order valence-electron chi connectivity index (χ3n) is 4.57. The van der Waals surface area contributed by atoms with Gasteiger partial charge in [0.15, 0.2) is 0 Å². The highest BCUT2D eigenvalue weighted by Gasteiger charge is 2.29. The minimum atomic E-state index is -0.718. The van der Waals surface area contributed by atoms with E-state index in [1.54, 1.807) is 16.7 Å². The van der Waals surface area contributed by atoms with Gasteiger partial charge in [0, 0.05) is 17.1 Å². The van der Waals surface area contributed by atoms with E-state index in [2.05, 4.69) is 5.32 Å². The zero-order valence-electron chi connectivity index (χ0n) is 13.4. The largest absolute Gasteiger partial charge is 0.506 e. The van der Waals surface area contributed by atoms with Gasteiger partial charge in [0.2, 0.25) is 0 Å². The summed E-state index contributed by atoms with van der Waals surface area (Å²) >= 11 is 0. The number of nitrogens with zero attached hydrogens (tertiary/aromatic N) is 1. The highest BCUT2D eigenvalue weighted by atomic mass is 19.1. The summed E-state index contributed by atoms with van der Waals surface area (Å²) in [6, 6.07) is 10.5. The van der Waals surface area contributed by atoms with Crippen molar-refractivity contribution in [2.75, 3.05) is 5.32 Å². The van der Waals surface area contributed by atoms with Gasteiger partial charge in [-0.25, -0.2) is 4.39 Å². The predicted molar refractivity (Wildman–Crippen MR) is 92.6 cm³/mol. The molecule has 0 radical (unpaired) electrons. The van der Waals surface area contributed by atoms with Crippen LogP contribution in [0.1, 0.15) is 28.9 Å². The molecular weight excluding hydrogens is 323 g/mol. The Bertz CT molecular complexity index is 1070. The van der Waals surface area contributed by atoms with Crippen LogP contribution in [0.3, 0.4) is 0 Å². The lowest BCUT2D eigenvalue weighted by molar-refractivity contribution is 0.102. The molecule has 6 heteroatoms. The van der Waals surface area contributed by atoms with Crippen LogP contribution < -0.4 is 10.9 Å². The number of carbonyl (C=O) groups is 1. The van der Waals surface area contributed by atoms with Gasteiger partial charge in [-0.05, 0) is 49.2 Å². The molecule has 4 rings (SSSR count). The van der Waals surface area contributed by atoms with Crippen LogP contribution in [-0.2, 0) is 6.42 Å². The first-order valence-corrected chi connectivity index (χ1v) is 7.93. The van der Waals surface area contributed by atoms with Crippen LogP contribution in [0.15, 0.2) is 47.3 Å². The van der Waals surface area contributed by atoms with Gasteiger partial charge in [-0.3, -0.25) is 9.59 Å². The summed E-state index contributed by atoms with van der Waals surface area (Å²) in [5.41, 5.74) is 1.16. The Hall–Kier alpha value is -3.15. The first-order valence-electron chi connectivity index (χ1n) is 7.93. The molecule has 0 spiro atoms. The van der Waals surface area contributed by atoms with Gasteiger partial charge in [-0.1, -0.05) is 12.1 Å². The van der Waals surface area contributed by atoms with Crippen molar-refractivity contribution in [2.45, 2.75) is 19.4 Å². The quantitative estimate of drug-likeness (QED) is 0.754. The molecule has 126 valence electrons. The number of rotatable bonds is 2. The van der Waals surface area contributed by atoms with E-state index in [1.165, 1.54) is 24.3 Å². The normalized spacial score (nSPS) is 15.5. The average molecular weight is 338 g/mol. The minimum Gasteiger partial charge on any atom is -0.506 e. The summed E-state index contributed by atoms with van der Waals surface area (Å²) in [5.74, 6) is -1.47. The number of nitrogens with one attached hydrogen (secondary N) is 1. The second kappa shape index (κ2) is 5.44. The van der Waals surface area contributed by atoms with Gasteiger partial charge in [0.1, 0.15) is 17.1 Å². The van der Waals surface area contributed by atoms with Gasteiger partial charge >= 0.3 is 0 Å². The van der Waals surface area contributed by atoms with E-state index in [9.17, 15) is 19.1 Å². The van der Waals surface area contributed by atoms with Crippen LogP contribution in [0, 0.1) is 5.82 Å². The molecule has 1 aliphatic rings. The number of anilines is 1. The molecule has 0 bridgehead atoms. The Morgan fingerprint density at radius 2 is 1.96 bits per heavy atom. The molecule has 5 nitrogen and oxygen atoms in total. The smallest absolute Gasteiger partial charge is 0.268 e. The standard InChI is InChI=1S/C19H15FN2O3/c1-10-9-11-3-2-4-14-16(11)22(10)19(25)15(17(14)23)18(24)21-13-7-5-12(20)6-8-13/h2-8,10,23H,9H2,1H3,(H,21,24)/t10-/m0/s1. The molecule has 0 aliphatic carbocycles. The number of halogens is 1. The van der Waals surface area contributed by atoms with Crippen LogP contribution in [0.25, 0.3) is 10.9 Å². The summed E-state index contributed by atoms with van der Waals surface area (Å²) in [5, 5.41) is 13.6. The van der Waals surface area contributed by atoms with Crippen molar-refractivity contribution in [1.29, 1.82) is 0 Å². The van der Waals surface area contributed by atoms with Crippen molar-refractivity contribution in [2.24, 2.45) is 0 Å². The Morgan fingerprint density at radius 1 is 1.24 bits per heavy atom. The van der Waals surface area contributed by atoms with Gasteiger partial charge in [0.25, 0.3) is 11.5 Å². The van der Waals surface area contributed by atoms with Crippen LogP contribution in [0.4, 0.5) is 10.1 Å². The monoisotopic (exact) mass is 338 g/mol. The lowest BCUT2D eigenvalue weighted by Crippen LogP contribution is -2.30. The molecule has 0 saturated carbocycles. The van der Waals surface area contributed by atoms with Gasteiger partial charge < -0.3 is 15.0 Å². The first kappa shape index (κ1) is 15.4. The van der Waals surface area contributed by atoms with E-state index in [1.807, 2.05) is 13.0 Å². The average Bonchev–Trinajstić information content (AvgIpc) is 2.92. The highest BCUT2D eigenvalue weighted by molar-refractivity contribution is 6.09. The number of amides is 1. The van der Waals surface area contributed by atoms with Gasteiger partial charge in [0.05, 0.1) is 5.52 Å². The van der Waals surface area contributed by atoms with Crippen molar-refractivity contribution < 1.29 is 14.3 Å². The van der Waals surface area contributed by atoms with E-state index < -0.39 is 17.3 Å². The maximum Gasteiger partial charge on any atom is 0.268 e. The fourth-order valence-electron chi connectivity index (χ4n) is 3.45. The number of para-hydroxylation sites is 1. The number of aromatic nitrogens is 1. The fourth-order valence-corrected chi connectivity index (χ4v) is 3.45. The summed E-state index contributed by atoms with van der Waals surface area (Å²) in [7, 11) is 0. The van der Waals surface area contributed by atoms with E-state index in [0.717, 1.165) is 5.56 Å². The Morgan fingerprint density at radius 3 is 2.68 bits per heavy atom. The maximum absolute atomic E-state index is 13.0. The zero-order valence-corrected chi connectivity index (χ0v) is 13.4. The lowest BCUT2D eigenvalue weighted by atomic mass is 10.1. The van der Waals surface area contributed by atoms with Crippen LogP contribution in [-0.4, -0.2) is 15.6 Å². The van der Waals surface area contributed by atoms with E-state index >= 15 is 0 Å². The third-order valence-corrected chi connectivity index (χ3v) is 4.57. The van der Waals surface area contributed by atoms with Crippen LogP contribution in [0.2, 0.25) is 0 Å². The molecule has 1 aliphatic heterocycles. The zero-order chi connectivity index (χ0) is 17.7. The van der Waals surface area contributed by atoms with Gasteiger partial charge in [-0.2, -0.15) is 0 Å². The second-order valence-electron chi connectivity index (χ2n) is 6.23. The van der Waals surface area contributed by atoms with Crippen LogP contribution >= 0.6 is 0 Å². The lowest BCUT2D eigenvalue weighted by Gasteiger charge is -2.14. The topological polar surface area (TPSA) is 71.3 Å². The summed E-state index contributed by atoms with van der Waals surface area (Å²) in [6.45, 7) is 1.90. The maximum atomic E-state index is 13.0. The molecule has 0 fully saturated rings. The van der Waals surface area contributed by atoms with Gasteiger partial charge in [-0.15, -0.1) is 0 Å². The predicted octanol–water partition coefficient (Wildman–Crippen LogP) is 3.22. The summed E-state index contributed by atoms with van der Waals surface area (Å²) in [4.78, 5) is 25.4. The van der Waals surface area contributed by atoms with E-state index in [4.69, 9.17) is 0 Å². The molecule has 1 amide bonds. The molecule has 2 heterocycles. The molecule has 1 aromatic heterocycles. The molecule has 2 N–H and O–H groups in total. The Labute approximate surface area is 142 Å². The highest BCUT2D eigenvalue weighted by Crippen LogP contribution is 2.36. The Balaban J connectivity index is 1.87. The number of benzene rings is 2. The third kappa shape index (κ3) is 2.29. The van der Waals surface area contributed by atoms with E-state index in [0.29, 0.717) is 23.0 Å². The van der Waals surface area contributed by atoms with Crippen molar-refractivity contribution >= 4 is 22.5 Å². The van der Waals surface area contributed by atoms with Crippen molar-refractivity contribution in [1.82, 2.24) is 4.57 Å². The van der Waals surface area contributed by atoms with Crippen molar-refractivity contribution in [3.63, 3.8) is 0 Å². The summed E-state index contributed by atoms with van der Waals surface area (Å²) in [6.07, 6.45) is 0.676. The fraction of sp³-hybridized carbons (Fsp3) is 0.158.